The molecule has 0 bridgehead atoms. The second-order valence-corrected chi connectivity index (χ2v) is 6.52. The number of hydrogen-bond acceptors (Lipinski definition) is 3. The van der Waals surface area contributed by atoms with Crippen molar-refractivity contribution in [3.8, 4) is 0 Å². The molecule has 96 valence electrons. The molecule has 5 nitrogen and oxygen atoms in total. The van der Waals surface area contributed by atoms with Gasteiger partial charge in [-0.1, -0.05) is 6.42 Å². The van der Waals surface area contributed by atoms with Crippen molar-refractivity contribution in [3.05, 3.63) is 18.5 Å². The Balaban J connectivity index is 2.01. The summed E-state index contributed by atoms with van der Waals surface area (Å²) in [4.78, 5) is 3.10. The van der Waals surface area contributed by atoms with Crippen molar-refractivity contribution in [2.45, 2.75) is 30.2 Å². The van der Waals surface area contributed by atoms with Crippen molar-refractivity contribution in [2.75, 3.05) is 20.1 Å². The van der Waals surface area contributed by atoms with Gasteiger partial charge < -0.3 is 10.3 Å². The van der Waals surface area contributed by atoms with E-state index in [1.807, 2.05) is 0 Å². The van der Waals surface area contributed by atoms with Gasteiger partial charge in [-0.05, 0) is 25.5 Å². The highest BCUT2D eigenvalue weighted by atomic mass is 32.2. The number of likely N-dealkylation sites (N-methyl/N-ethyl adjacent to an activating group) is 1. The first-order valence-electron chi connectivity index (χ1n) is 5.93. The van der Waals surface area contributed by atoms with Crippen LogP contribution in [0.5, 0.6) is 0 Å². The number of H-pyrrole nitrogens is 1. The zero-order chi connectivity index (χ0) is 12.3. The molecule has 0 aromatic carbocycles. The molecule has 0 amide bonds. The van der Waals surface area contributed by atoms with E-state index < -0.39 is 10.0 Å². The lowest BCUT2D eigenvalue weighted by Crippen LogP contribution is -2.44. The average Bonchev–Trinajstić information content (AvgIpc) is 2.84. The maximum atomic E-state index is 12.1. The topological polar surface area (TPSA) is 65.2 Å². The number of piperidine rings is 1. The lowest BCUT2D eigenvalue weighted by Gasteiger charge is -2.27. The smallest absolute Gasteiger partial charge is 0.244 e. The summed E-state index contributed by atoms with van der Waals surface area (Å²) in [5.74, 6) is 0. The molecule has 1 unspecified atom stereocenters. The van der Waals surface area contributed by atoms with Crippen LogP contribution >= 0.6 is 0 Å². The molecule has 1 saturated heterocycles. The number of nitrogens with zero attached hydrogens (tertiary/aromatic N) is 1. The first-order chi connectivity index (χ1) is 8.10. The Morgan fingerprint density at radius 3 is 2.88 bits per heavy atom. The van der Waals surface area contributed by atoms with Crippen molar-refractivity contribution < 1.29 is 8.42 Å². The van der Waals surface area contributed by atoms with Gasteiger partial charge in [0.05, 0.1) is 4.90 Å². The highest BCUT2D eigenvalue weighted by molar-refractivity contribution is 7.89. The van der Waals surface area contributed by atoms with E-state index in [1.54, 1.807) is 19.3 Å². The predicted octanol–water partition coefficient (Wildman–Crippen LogP) is 0.777. The SMILES string of the molecule is CN(CC1CCCCN1)S(=O)(=O)c1cc[nH]c1. The molecular formula is C11H19N3O2S. The summed E-state index contributed by atoms with van der Waals surface area (Å²) >= 11 is 0. The molecule has 6 heteroatoms. The lowest BCUT2D eigenvalue weighted by atomic mass is 10.1. The van der Waals surface area contributed by atoms with Crippen molar-refractivity contribution in [1.82, 2.24) is 14.6 Å². The van der Waals surface area contributed by atoms with E-state index in [2.05, 4.69) is 10.3 Å². The first-order valence-corrected chi connectivity index (χ1v) is 7.37. The van der Waals surface area contributed by atoms with Gasteiger partial charge in [0.1, 0.15) is 0 Å². The number of hydrogen-bond donors (Lipinski definition) is 2. The van der Waals surface area contributed by atoms with E-state index in [0.29, 0.717) is 11.4 Å². The normalized spacial score (nSPS) is 21.9. The molecule has 17 heavy (non-hydrogen) atoms. The van der Waals surface area contributed by atoms with Gasteiger partial charge in [-0.15, -0.1) is 0 Å². The van der Waals surface area contributed by atoms with E-state index >= 15 is 0 Å². The van der Waals surface area contributed by atoms with Gasteiger partial charge in [0.2, 0.25) is 10.0 Å². The van der Waals surface area contributed by atoms with Gasteiger partial charge in [0, 0.05) is 32.0 Å². The highest BCUT2D eigenvalue weighted by Gasteiger charge is 2.24. The summed E-state index contributed by atoms with van der Waals surface area (Å²) in [7, 11) is -1.70. The van der Waals surface area contributed by atoms with Crippen molar-refractivity contribution in [1.29, 1.82) is 0 Å². The Labute approximate surface area is 102 Å². The minimum absolute atomic E-state index is 0.280. The maximum Gasteiger partial charge on any atom is 0.244 e. The van der Waals surface area contributed by atoms with Gasteiger partial charge >= 0.3 is 0 Å². The Hall–Kier alpha value is -0.850. The van der Waals surface area contributed by atoms with Crippen LogP contribution in [-0.2, 0) is 10.0 Å². The van der Waals surface area contributed by atoms with Crippen LogP contribution in [0.15, 0.2) is 23.4 Å². The molecular weight excluding hydrogens is 238 g/mol. The average molecular weight is 257 g/mol. The van der Waals surface area contributed by atoms with E-state index in [-0.39, 0.29) is 6.04 Å². The minimum Gasteiger partial charge on any atom is -0.366 e. The van der Waals surface area contributed by atoms with Gasteiger partial charge in [-0.2, -0.15) is 4.31 Å². The summed E-state index contributed by atoms with van der Waals surface area (Å²) < 4.78 is 25.7. The molecule has 0 saturated carbocycles. The van der Waals surface area contributed by atoms with E-state index in [1.165, 1.54) is 23.3 Å². The molecule has 2 N–H and O–H groups in total. The predicted molar refractivity (Wildman–Crippen MR) is 66.3 cm³/mol. The Bertz CT molecular complexity index is 435. The summed E-state index contributed by atoms with van der Waals surface area (Å²) in [6.45, 7) is 1.52. The summed E-state index contributed by atoms with van der Waals surface area (Å²) in [5, 5.41) is 3.35. The van der Waals surface area contributed by atoms with E-state index in [9.17, 15) is 8.42 Å². The molecule has 0 spiro atoms. The molecule has 1 aromatic heterocycles. The van der Waals surface area contributed by atoms with Crippen molar-refractivity contribution >= 4 is 10.0 Å². The molecule has 2 heterocycles. The van der Waals surface area contributed by atoms with Crippen LogP contribution in [0.3, 0.4) is 0 Å². The van der Waals surface area contributed by atoms with Crippen LogP contribution in [0.2, 0.25) is 0 Å². The molecule has 0 radical (unpaired) electrons. The van der Waals surface area contributed by atoms with Crippen molar-refractivity contribution in [3.63, 3.8) is 0 Å². The third-order valence-electron chi connectivity index (χ3n) is 3.17. The fourth-order valence-electron chi connectivity index (χ4n) is 2.14. The molecule has 1 aliphatic rings. The molecule has 0 aliphatic carbocycles. The number of aromatic nitrogens is 1. The fourth-order valence-corrected chi connectivity index (χ4v) is 3.33. The molecule has 1 aromatic rings. The number of rotatable bonds is 4. The largest absolute Gasteiger partial charge is 0.366 e. The Morgan fingerprint density at radius 1 is 1.47 bits per heavy atom. The molecule has 1 fully saturated rings. The van der Waals surface area contributed by atoms with Crippen LogP contribution in [0.4, 0.5) is 0 Å². The van der Waals surface area contributed by atoms with Crippen LogP contribution in [0, 0.1) is 0 Å². The van der Waals surface area contributed by atoms with E-state index in [4.69, 9.17) is 0 Å². The Morgan fingerprint density at radius 2 is 2.29 bits per heavy atom. The van der Waals surface area contributed by atoms with Gasteiger partial charge in [0.25, 0.3) is 0 Å². The maximum absolute atomic E-state index is 12.1. The van der Waals surface area contributed by atoms with Crippen molar-refractivity contribution in [2.24, 2.45) is 0 Å². The quantitative estimate of drug-likeness (QED) is 0.837. The lowest BCUT2D eigenvalue weighted by molar-refractivity contribution is 0.337. The van der Waals surface area contributed by atoms with Gasteiger partial charge in [-0.25, -0.2) is 8.42 Å². The van der Waals surface area contributed by atoms with Gasteiger partial charge in [0.15, 0.2) is 0 Å². The van der Waals surface area contributed by atoms with Crippen LogP contribution < -0.4 is 5.32 Å². The number of sulfonamides is 1. The summed E-state index contributed by atoms with van der Waals surface area (Å²) in [5.41, 5.74) is 0. The summed E-state index contributed by atoms with van der Waals surface area (Å²) in [6.07, 6.45) is 6.55. The van der Waals surface area contributed by atoms with Crippen LogP contribution in [0.1, 0.15) is 19.3 Å². The minimum atomic E-state index is -3.33. The second-order valence-electron chi connectivity index (χ2n) is 4.48. The second kappa shape index (κ2) is 5.20. The number of aromatic amines is 1. The first kappa shape index (κ1) is 12.6. The summed E-state index contributed by atoms with van der Waals surface area (Å²) in [6, 6.07) is 1.86. The van der Waals surface area contributed by atoms with Crippen LogP contribution in [0.25, 0.3) is 0 Å². The van der Waals surface area contributed by atoms with Crippen LogP contribution in [-0.4, -0.2) is 43.9 Å². The third-order valence-corrected chi connectivity index (χ3v) is 4.99. The molecule has 1 aliphatic heterocycles. The number of nitrogens with one attached hydrogen (secondary N) is 2. The van der Waals surface area contributed by atoms with Gasteiger partial charge in [-0.3, -0.25) is 0 Å². The molecule has 2 rings (SSSR count). The monoisotopic (exact) mass is 257 g/mol. The molecule has 1 atom stereocenters. The standard InChI is InChI=1S/C11H19N3O2S/c1-14(9-10-4-2-3-6-13-10)17(15,16)11-5-7-12-8-11/h5,7-8,10,12-13H,2-4,6,9H2,1H3. The third kappa shape index (κ3) is 2.88. The zero-order valence-corrected chi connectivity index (χ0v) is 10.8. The fraction of sp³-hybridized carbons (Fsp3) is 0.636. The Kier molecular flexibility index (Phi) is 3.86. The highest BCUT2D eigenvalue weighted by Crippen LogP contribution is 2.15. The zero-order valence-electron chi connectivity index (χ0n) is 10.0. The van der Waals surface area contributed by atoms with E-state index in [0.717, 1.165) is 13.0 Å².